The Morgan fingerprint density at radius 1 is 1.29 bits per heavy atom. The highest BCUT2D eigenvalue weighted by Gasteiger charge is 2.24. The monoisotopic (exact) mass is 323 g/mol. The summed E-state index contributed by atoms with van der Waals surface area (Å²) >= 11 is 0. The van der Waals surface area contributed by atoms with Crippen molar-refractivity contribution in [1.82, 2.24) is 14.9 Å². The molecule has 124 valence electrons. The Morgan fingerprint density at radius 2 is 2.17 bits per heavy atom. The molecule has 2 aromatic heterocycles. The normalized spacial score (nSPS) is 18.2. The lowest BCUT2D eigenvalue weighted by Gasteiger charge is -2.40. The molecule has 0 aliphatic carbocycles. The molecule has 1 unspecified atom stereocenters. The zero-order valence-electron chi connectivity index (χ0n) is 14.0. The molecule has 0 bridgehead atoms. The lowest BCUT2D eigenvalue weighted by atomic mass is 10.1. The number of ether oxygens (including phenoxy) is 1. The highest BCUT2D eigenvalue weighted by molar-refractivity contribution is 5.42. The van der Waals surface area contributed by atoms with Crippen molar-refractivity contribution in [3.8, 4) is 11.9 Å². The Labute approximate surface area is 142 Å². The molecule has 3 rings (SSSR count). The summed E-state index contributed by atoms with van der Waals surface area (Å²) in [5.74, 6) is 1.58. The summed E-state index contributed by atoms with van der Waals surface area (Å²) in [6.45, 7) is 5.79. The van der Waals surface area contributed by atoms with E-state index in [-0.39, 0.29) is 0 Å². The van der Waals surface area contributed by atoms with Crippen LogP contribution in [0.25, 0.3) is 0 Å². The summed E-state index contributed by atoms with van der Waals surface area (Å²) in [5.41, 5.74) is 1.61. The van der Waals surface area contributed by atoms with Crippen molar-refractivity contribution in [2.24, 2.45) is 0 Å². The van der Waals surface area contributed by atoms with Gasteiger partial charge in [0, 0.05) is 44.5 Å². The van der Waals surface area contributed by atoms with Gasteiger partial charge in [0.1, 0.15) is 11.9 Å². The SMILES string of the molecule is COc1cccc(CN2CCN(c3ccc(C#N)cn3)CC2C)n1. The molecule has 3 heterocycles. The number of hydrogen-bond donors (Lipinski definition) is 0. The number of pyridine rings is 2. The first kappa shape index (κ1) is 16.2. The van der Waals surface area contributed by atoms with Crippen molar-refractivity contribution in [1.29, 1.82) is 5.26 Å². The van der Waals surface area contributed by atoms with Crippen LogP contribution in [-0.4, -0.2) is 47.7 Å². The van der Waals surface area contributed by atoms with E-state index in [1.54, 1.807) is 13.3 Å². The fourth-order valence-electron chi connectivity index (χ4n) is 2.94. The molecular weight excluding hydrogens is 302 g/mol. The first-order valence-electron chi connectivity index (χ1n) is 8.04. The van der Waals surface area contributed by atoms with Crippen LogP contribution in [0.1, 0.15) is 18.2 Å². The first-order valence-corrected chi connectivity index (χ1v) is 8.04. The average molecular weight is 323 g/mol. The van der Waals surface area contributed by atoms with Crippen LogP contribution in [0.3, 0.4) is 0 Å². The number of rotatable bonds is 4. The zero-order valence-corrected chi connectivity index (χ0v) is 14.0. The van der Waals surface area contributed by atoms with E-state index in [0.29, 0.717) is 17.5 Å². The van der Waals surface area contributed by atoms with Crippen molar-refractivity contribution < 1.29 is 4.74 Å². The number of hydrogen-bond acceptors (Lipinski definition) is 6. The molecule has 6 nitrogen and oxygen atoms in total. The molecule has 1 saturated heterocycles. The third-order valence-electron chi connectivity index (χ3n) is 4.32. The van der Waals surface area contributed by atoms with Gasteiger partial charge < -0.3 is 9.64 Å². The minimum Gasteiger partial charge on any atom is -0.481 e. The molecule has 1 atom stereocenters. The first-order chi connectivity index (χ1) is 11.7. The second-order valence-electron chi connectivity index (χ2n) is 5.95. The topological polar surface area (TPSA) is 65.3 Å². The van der Waals surface area contributed by atoms with Crippen molar-refractivity contribution in [3.05, 3.63) is 47.8 Å². The van der Waals surface area contributed by atoms with E-state index in [1.807, 2.05) is 30.3 Å². The second-order valence-corrected chi connectivity index (χ2v) is 5.95. The maximum absolute atomic E-state index is 8.87. The van der Waals surface area contributed by atoms with Crippen LogP contribution < -0.4 is 9.64 Å². The van der Waals surface area contributed by atoms with Crippen LogP contribution in [0.4, 0.5) is 5.82 Å². The summed E-state index contributed by atoms with van der Waals surface area (Å²) in [5, 5.41) is 8.87. The van der Waals surface area contributed by atoms with Crippen molar-refractivity contribution >= 4 is 5.82 Å². The quantitative estimate of drug-likeness (QED) is 0.858. The molecule has 0 N–H and O–H groups in total. The minimum atomic E-state index is 0.393. The summed E-state index contributed by atoms with van der Waals surface area (Å²) in [6, 6.07) is 12.1. The van der Waals surface area contributed by atoms with E-state index in [1.165, 1.54) is 0 Å². The molecule has 2 aromatic rings. The van der Waals surface area contributed by atoms with E-state index in [2.05, 4.69) is 32.8 Å². The van der Waals surface area contributed by atoms with Gasteiger partial charge in [0.2, 0.25) is 5.88 Å². The molecular formula is C18H21N5O. The molecule has 24 heavy (non-hydrogen) atoms. The van der Waals surface area contributed by atoms with E-state index in [4.69, 9.17) is 10.00 Å². The van der Waals surface area contributed by atoms with Gasteiger partial charge in [0.25, 0.3) is 0 Å². The predicted octanol–water partition coefficient (Wildman–Crippen LogP) is 2.07. The summed E-state index contributed by atoms with van der Waals surface area (Å²) in [6.07, 6.45) is 1.63. The largest absolute Gasteiger partial charge is 0.481 e. The highest BCUT2D eigenvalue weighted by atomic mass is 16.5. The minimum absolute atomic E-state index is 0.393. The van der Waals surface area contributed by atoms with Gasteiger partial charge in [0.15, 0.2) is 0 Å². The zero-order chi connectivity index (χ0) is 16.9. The third-order valence-corrected chi connectivity index (χ3v) is 4.32. The van der Waals surface area contributed by atoms with E-state index < -0.39 is 0 Å². The van der Waals surface area contributed by atoms with Gasteiger partial charge in [-0.3, -0.25) is 4.90 Å². The number of piperazine rings is 1. The van der Waals surface area contributed by atoms with Crippen LogP contribution in [0.5, 0.6) is 5.88 Å². The Kier molecular flexibility index (Phi) is 4.92. The molecule has 0 amide bonds. The van der Waals surface area contributed by atoms with E-state index in [0.717, 1.165) is 37.7 Å². The molecule has 0 radical (unpaired) electrons. The molecule has 1 aliphatic rings. The standard InChI is InChI=1S/C18H21N5O/c1-14-12-23(17-7-6-15(10-19)11-20-17)9-8-22(14)13-16-4-3-5-18(21-16)24-2/h3-7,11,14H,8-9,12-13H2,1-2H3. The maximum atomic E-state index is 8.87. The number of nitriles is 1. The van der Waals surface area contributed by atoms with Crippen molar-refractivity contribution in [3.63, 3.8) is 0 Å². The van der Waals surface area contributed by atoms with Crippen LogP contribution in [0.2, 0.25) is 0 Å². The summed E-state index contributed by atoms with van der Waals surface area (Å²) < 4.78 is 5.20. The molecule has 1 aliphatic heterocycles. The van der Waals surface area contributed by atoms with Gasteiger partial charge in [-0.15, -0.1) is 0 Å². The lowest BCUT2D eigenvalue weighted by Crippen LogP contribution is -2.51. The van der Waals surface area contributed by atoms with Crippen LogP contribution in [0.15, 0.2) is 36.5 Å². The lowest BCUT2D eigenvalue weighted by molar-refractivity contribution is 0.178. The molecule has 0 spiro atoms. The van der Waals surface area contributed by atoms with Crippen LogP contribution in [-0.2, 0) is 6.54 Å². The number of methoxy groups -OCH3 is 1. The highest BCUT2D eigenvalue weighted by Crippen LogP contribution is 2.19. The van der Waals surface area contributed by atoms with Gasteiger partial charge in [0.05, 0.1) is 18.4 Å². The number of nitrogens with zero attached hydrogens (tertiary/aromatic N) is 5. The van der Waals surface area contributed by atoms with E-state index in [9.17, 15) is 0 Å². The average Bonchev–Trinajstić information content (AvgIpc) is 2.63. The van der Waals surface area contributed by atoms with E-state index >= 15 is 0 Å². The molecule has 0 saturated carbocycles. The molecule has 1 fully saturated rings. The molecule has 6 heteroatoms. The smallest absolute Gasteiger partial charge is 0.213 e. The second kappa shape index (κ2) is 7.28. The number of aromatic nitrogens is 2. The predicted molar refractivity (Wildman–Crippen MR) is 91.8 cm³/mol. The van der Waals surface area contributed by atoms with Crippen LogP contribution >= 0.6 is 0 Å². The Balaban J connectivity index is 1.63. The fourth-order valence-corrected chi connectivity index (χ4v) is 2.94. The summed E-state index contributed by atoms with van der Waals surface area (Å²) in [4.78, 5) is 13.6. The van der Waals surface area contributed by atoms with Gasteiger partial charge in [-0.25, -0.2) is 9.97 Å². The Hall–Kier alpha value is -2.65. The van der Waals surface area contributed by atoms with Crippen molar-refractivity contribution in [2.75, 3.05) is 31.6 Å². The Bertz CT molecular complexity index is 725. The number of anilines is 1. The third kappa shape index (κ3) is 3.63. The van der Waals surface area contributed by atoms with Gasteiger partial charge >= 0.3 is 0 Å². The van der Waals surface area contributed by atoms with Crippen LogP contribution in [0, 0.1) is 11.3 Å². The summed E-state index contributed by atoms with van der Waals surface area (Å²) in [7, 11) is 1.64. The molecule has 0 aromatic carbocycles. The maximum Gasteiger partial charge on any atom is 0.213 e. The van der Waals surface area contributed by atoms with Gasteiger partial charge in [-0.2, -0.15) is 5.26 Å². The van der Waals surface area contributed by atoms with Crippen molar-refractivity contribution in [2.45, 2.75) is 19.5 Å². The van der Waals surface area contributed by atoms with Gasteiger partial charge in [-0.05, 0) is 25.1 Å². The fraction of sp³-hybridized carbons (Fsp3) is 0.389. The Morgan fingerprint density at radius 3 is 2.83 bits per heavy atom. The van der Waals surface area contributed by atoms with Gasteiger partial charge in [-0.1, -0.05) is 6.07 Å².